The predicted molar refractivity (Wildman–Crippen MR) is 102 cm³/mol. The topological polar surface area (TPSA) is 43.1 Å². The Kier molecular flexibility index (Phi) is 5.21. The molecule has 128 valence electrons. The van der Waals surface area contributed by atoms with Gasteiger partial charge in [0.25, 0.3) is 0 Å². The van der Waals surface area contributed by atoms with Crippen LogP contribution in [-0.2, 0) is 5.75 Å². The van der Waals surface area contributed by atoms with Crippen molar-refractivity contribution >= 4 is 33.5 Å². The average Bonchev–Trinajstić information content (AvgIpc) is 3.29. The third-order valence-corrected chi connectivity index (χ3v) is 6.59. The van der Waals surface area contributed by atoms with Crippen LogP contribution in [0, 0.1) is 0 Å². The van der Waals surface area contributed by atoms with Gasteiger partial charge < -0.3 is 4.52 Å². The lowest BCUT2D eigenvalue weighted by molar-refractivity contribution is 0.103. The second-order valence-corrected chi connectivity index (χ2v) is 9.51. The zero-order valence-electron chi connectivity index (χ0n) is 14.3. The highest BCUT2D eigenvalue weighted by Crippen LogP contribution is 2.42. The number of rotatable bonds is 7. The van der Waals surface area contributed by atoms with E-state index in [2.05, 4.69) is 47.9 Å². The second kappa shape index (κ2) is 7.04. The van der Waals surface area contributed by atoms with Crippen LogP contribution in [0.4, 0.5) is 0 Å². The van der Waals surface area contributed by atoms with Crippen LogP contribution >= 0.6 is 27.7 Å². The molecule has 5 heteroatoms. The van der Waals surface area contributed by atoms with Gasteiger partial charge in [0.2, 0.25) is 0 Å². The molecule has 0 saturated heterocycles. The van der Waals surface area contributed by atoms with Crippen molar-refractivity contribution in [1.82, 2.24) is 5.16 Å². The Morgan fingerprint density at radius 2 is 2.12 bits per heavy atom. The highest BCUT2D eigenvalue weighted by atomic mass is 79.9. The molecule has 3 nitrogen and oxygen atoms in total. The van der Waals surface area contributed by atoms with Gasteiger partial charge in [0, 0.05) is 26.5 Å². The number of aromatic nitrogens is 1. The van der Waals surface area contributed by atoms with E-state index in [0.717, 1.165) is 46.4 Å². The number of thioether (sulfide) groups is 1. The SMILES string of the molecule is CCC(C)(C)SCc1cc(Br)ccc1C(=O)c1cnoc1C1CC1. The van der Waals surface area contributed by atoms with E-state index in [9.17, 15) is 4.79 Å². The van der Waals surface area contributed by atoms with Crippen LogP contribution < -0.4 is 0 Å². The van der Waals surface area contributed by atoms with Gasteiger partial charge in [-0.05, 0) is 43.0 Å². The first-order chi connectivity index (χ1) is 11.4. The van der Waals surface area contributed by atoms with Crippen molar-refractivity contribution in [2.45, 2.75) is 56.5 Å². The molecule has 0 N–H and O–H groups in total. The smallest absolute Gasteiger partial charge is 0.198 e. The minimum Gasteiger partial charge on any atom is -0.360 e. The highest BCUT2D eigenvalue weighted by Gasteiger charge is 2.33. The first kappa shape index (κ1) is 17.7. The summed E-state index contributed by atoms with van der Waals surface area (Å²) in [6.45, 7) is 6.67. The summed E-state index contributed by atoms with van der Waals surface area (Å²) in [4.78, 5) is 13.1. The van der Waals surface area contributed by atoms with Crippen molar-refractivity contribution in [1.29, 1.82) is 0 Å². The maximum absolute atomic E-state index is 13.1. The van der Waals surface area contributed by atoms with Gasteiger partial charge >= 0.3 is 0 Å². The van der Waals surface area contributed by atoms with Crippen molar-refractivity contribution in [3.63, 3.8) is 0 Å². The Bertz CT molecular complexity index is 750. The summed E-state index contributed by atoms with van der Waals surface area (Å²) < 4.78 is 6.53. The molecule has 1 aromatic carbocycles. The average molecular weight is 408 g/mol. The Hall–Kier alpha value is -1.07. The summed E-state index contributed by atoms with van der Waals surface area (Å²) >= 11 is 5.41. The van der Waals surface area contributed by atoms with Crippen molar-refractivity contribution in [3.05, 3.63) is 51.3 Å². The van der Waals surface area contributed by atoms with Crippen LogP contribution in [0.25, 0.3) is 0 Å². The van der Waals surface area contributed by atoms with Crippen LogP contribution in [0.15, 0.2) is 33.4 Å². The van der Waals surface area contributed by atoms with Gasteiger partial charge in [-0.2, -0.15) is 11.8 Å². The Morgan fingerprint density at radius 1 is 1.38 bits per heavy atom. The summed E-state index contributed by atoms with van der Waals surface area (Å²) in [5, 5.41) is 3.87. The highest BCUT2D eigenvalue weighted by molar-refractivity contribution is 9.10. The summed E-state index contributed by atoms with van der Waals surface area (Å²) in [5.41, 5.74) is 2.44. The lowest BCUT2D eigenvalue weighted by Gasteiger charge is -2.22. The van der Waals surface area contributed by atoms with Crippen LogP contribution in [0.2, 0.25) is 0 Å². The maximum Gasteiger partial charge on any atom is 0.198 e. The fourth-order valence-electron chi connectivity index (χ4n) is 2.48. The maximum atomic E-state index is 13.1. The molecule has 0 aliphatic heterocycles. The molecule has 0 bridgehead atoms. The van der Waals surface area contributed by atoms with E-state index in [1.54, 1.807) is 6.20 Å². The first-order valence-corrected chi connectivity index (χ1v) is 10.1. The van der Waals surface area contributed by atoms with Gasteiger partial charge in [-0.15, -0.1) is 0 Å². The zero-order chi connectivity index (χ0) is 17.3. The zero-order valence-corrected chi connectivity index (χ0v) is 16.7. The summed E-state index contributed by atoms with van der Waals surface area (Å²) in [7, 11) is 0. The van der Waals surface area contributed by atoms with E-state index in [1.807, 2.05) is 23.9 Å². The Morgan fingerprint density at radius 3 is 2.79 bits per heavy atom. The van der Waals surface area contributed by atoms with Gasteiger partial charge in [0.1, 0.15) is 0 Å². The molecule has 1 saturated carbocycles. The molecule has 0 unspecified atom stereocenters. The van der Waals surface area contributed by atoms with Gasteiger partial charge in [0.05, 0.1) is 11.8 Å². The molecular weight excluding hydrogens is 386 g/mol. The van der Waals surface area contributed by atoms with E-state index >= 15 is 0 Å². The standard InChI is InChI=1S/C19H22BrNO2S/c1-4-19(2,3)24-11-13-9-14(20)7-8-15(13)17(22)16-10-21-23-18(16)12-5-6-12/h7-10,12H,4-6,11H2,1-3H3. The van der Waals surface area contributed by atoms with Crippen LogP contribution in [0.5, 0.6) is 0 Å². The van der Waals surface area contributed by atoms with E-state index in [0.29, 0.717) is 11.5 Å². The molecule has 0 spiro atoms. The molecule has 3 rings (SSSR count). The number of hydrogen-bond acceptors (Lipinski definition) is 4. The van der Waals surface area contributed by atoms with Gasteiger partial charge in [-0.1, -0.05) is 41.9 Å². The quantitative estimate of drug-likeness (QED) is 0.530. The van der Waals surface area contributed by atoms with Gasteiger partial charge in [-0.3, -0.25) is 4.79 Å². The molecule has 1 heterocycles. The van der Waals surface area contributed by atoms with E-state index in [-0.39, 0.29) is 10.5 Å². The van der Waals surface area contributed by atoms with Crippen molar-refractivity contribution < 1.29 is 9.32 Å². The normalized spacial score (nSPS) is 14.8. The summed E-state index contributed by atoms with van der Waals surface area (Å²) in [6.07, 6.45) is 4.84. The molecule has 1 fully saturated rings. The molecule has 1 aliphatic carbocycles. The molecular formula is C19H22BrNO2S. The van der Waals surface area contributed by atoms with Crippen molar-refractivity contribution in [2.24, 2.45) is 0 Å². The third kappa shape index (κ3) is 3.94. The molecule has 0 radical (unpaired) electrons. The molecule has 24 heavy (non-hydrogen) atoms. The molecule has 0 atom stereocenters. The van der Waals surface area contributed by atoms with Crippen LogP contribution in [0.1, 0.15) is 73.2 Å². The van der Waals surface area contributed by atoms with Crippen LogP contribution in [-0.4, -0.2) is 15.7 Å². The van der Waals surface area contributed by atoms with E-state index in [1.165, 1.54) is 0 Å². The third-order valence-electron chi connectivity index (χ3n) is 4.57. The molecule has 1 aromatic heterocycles. The van der Waals surface area contributed by atoms with Crippen molar-refractivity contribution in [3.8, 4) is 0 Å². The van der Waals surface area contributed by atoms with E-state index < -0.39 is 0 Å². The minimum absolute atomic E-state index is 0.0237. The summed E-state index contributed by atoms with van der Waals surface area (Å²) in [5.74, 6) is 1.97. The minimum atomic E-state index is 0.0237. The number of nitrogens with zero attached hydrogens (tertiary/aromatic N) is 1. The van der Waals surface area contributed by atoms with Gasteiger partial charge in [-0.25, -0.2) is 0 Å². The summed E-state index contributed by atoms with van der Waals surface area (Å²) in [6, 6.07) is 5.89. The lowest BCUT2D eigenvalue weighted by atomic mass is 9.99. The number of carbonyl (C=O) groups excluding carboxylic acids is 1. The fourth-order valence-corrected chi connectivity index (χ4v) is 3.88. The van der Waals surface area contributed by atoms with Crippen LogP contribution in [0.3, 0.4) is 0 Å². The number of carbonyl (C=O) groups is 1. The van der Waals surface area contributed by atoms with Crippen molar-refractivity contribution in [2.75, 3.05) is 0 Å². The Labute approximate surface area is 155 Å². The Balaban J connectivity index is 1.89. The number of hydrogen-bond donors (Lipinski definition) is 0. The molecule has 2 aromatic rings. The number of benzene rings is 1. The molecule has 0 amide bonds. The first-order valence-electron chi connectivity index (χ1n) is 8.33. The second-order valence-electron chi connectivity index (χ2n) is 6.91. The number of halogens is 1. The largest absolute Gasteiger partial charge is 0.360 e. The number of ketones is 1. The monoisotopic (exact) mass is 407 g/mol. The predicted octanol–water partition coefficient (Wildman–Crippen LogP) is 5.97. The van der Waals surface area contributed by atoms with Gasteiger partial charge in [0.15, 0.2) is 11.5 Å². The fraction of sp³-hybridized carbons (Fsp3) is 0.474. The molecule has 1 aliphatic rings. The van der Waals surface area contributed by atoms with E-state index in [4.69, 9.17) is 4.52 Å². The lowest BCUT2D eigenvalue weighted by Crippen LogP contribution is -2.14.